The lowest BCUT2D eigenvalue weighted by Crippen LogP contribution is -2.38. The van der Waals surface area contributed by atoms with Gasteiger partial charge >= 0.3 is 12.1 Å². The summed E-state index contributed by atoms with van der Waals surface area (Å²) in [4.78, 5) is 25.1. The van der Waals surface area contributed by atoms with Crippen LogP contribution in [0, 0.1) is 0 Å². The molecule has 1 aromatic carbocycles. The smallest absolute Gasteiger partial charge is 0.412 e. The summed E-state index contributed by atoms with van der Waals surface area (Å²) in [5.74, 6) is 1.27. The quantitative estimate of drug-likeness (QED) is 0.571. The van der Waals surface area contributed by atoms with Gasteiger partial charge in [-0.1, -0.05) is 25.3 Å². The SMILES string of the molecule is COc1cc(OC)nc(Oc2cccc(OC(=O)NC3CCCCC3)c2-c2ncco2)n1. The molecule has 10 heteroatoms. The monoisotopic (exact) mass is 440 g/mol. The molecule has 1 aliphatic rings. The summed E-state index contributed by atoms with van der Waals surface area (Å²) in [5.41, 5.74) is 0.349. The first-order valence-corrected chi connectivity index (χ1v) is 10.3. The number of ether oxygens (including phenoxy) is 4. The van der Waals surface area contributed by atoms with Gasteiger partial charge in [0.2, 0.25) is 17.7 Å². The minimum atomic E-state index is -0.541. The molecule has 0 unspecified atom stereocenters. The predicted octanol–water partition coefficient (Wildman–Crippen LogP) is 4.36. The van der Waals surface area contributed by atoms with Crippen LogP contribution in [0.3, 0.4) is 0 Å². The molecule has 1 fully saturated rings. The lowest BCUT2D eigenvalue weighted by molar-refractivity contribution is 0.192. The lowest BCUT2D eigenvalue weighted by atomic mass is 9.96. The van der Waals surface area contributed by atoms with Crippen LogP contribution < -0.4 is 24.3 Å². The zero-order valence-corrected chi connectivity index (χ0v) is 17.9. The molecule has 32 heavy (non-hydrogen) atoms. The van der Waals surface area contributed by atoms with Crippen LogP contribution in [-0.2, 0) is 0 Å². The Labute approximate surface area is 184 Å². The molecule has 1 saturated carbocycles. The van der Waals surface area contributed by atoms with Gasteiger partial charge in [0.15, 0.2) is 0 Å². The van der Waals surface area contributed by atoms with Gasteiger partial charge in [-0.05, 0) is 25.0 Å². The molecule has 0 saturated heterocycles. The first kappa shape index (κ1) is 21.4. The van der Waals surface area contributed by atoms with Gasteiger partial charge in [-0.15, -0.1) is 0 Å². The molecule has 2 heterocycles. The molecule has 0 spiro atoms. The van der Waals surface area contributed by atoms with Crippen LogP contribution in [0.1, 0.15) is 32.1 Å². The van der Waals surface area contributed by atoms with Crippen molar-refractivity contribution in [3.63, 3.8) is 0 Å². The number of nitrogens with one attached hydrogen (secondary N) is 1. The van der Waals surface area contributed by atoms with Crippen LogP contribution in [0.4, 0.5) is 4.79 Å². The first-order valence-electron chi connectivity index (χ1n) is 10.3. The summed E-state index contributed by atoms with van der Waals surface area (Å²) in [6.45, 7) is 0. The van der Waals surface area contributed by atoms with Crippen molar-refractivity contribution in [2.75, 3.05) is 14.2 Å². The number of rotatable bonds is 7. The summed E-state index contributed by atoms with van der Waals surface area (Å²) >= 11 is 0. The maximum absolute atomic E-state index is 12.6. The number of carbonyl (C=O) groups excluding carboxylic acids is 1. The van der Waals surface area contributed by atoms with Gasteiger partial charge in [-0.2, -0.15) is 9.97 Å². The molecule has 168 valence electrons. The van der Waals surface area contributed by atoms with E-state index in [-0.39, 0.29) is 41.2 Å². The Morgan fingerprint density at radius 3 is 2.44 bits per heavy atom. The molecule has 10 nitrogen and oxygen atoms in total. The Kier molecular flexibility index (Phi) is 6.69. The second-order valence-electron chi connectivity index (χ2n) is 7.17. The number of hydrogen-bond acceptors (Lipinski definition) is 9. The second kappa shape index (κ2) is 9.99. The Morgan fingerprint density at radius 1 is 1.06 bits per heavy atom. The van der Waals surface area contributed by atoms with Crippen molar-refractivity contribution in [1.29, 1.82) is 0 Å². The Bertz CT molecular complexity index is 1030. The third-order valence-electron chi connectivity index (χ3n) is 5.04. The molecule has 4 rings (SSSR count). The topological polar surface area (TPSA) is 118 Å². The van der Waals surface area contributed by atoms with Gasteiger partial charge in [0.1, 0.15) is 23.3 Å². The third kappa shape index (κ3) is 5.08. The highest BCUT2D eigenvalue weighted by Crippen LogP contribution is 2.39. The molecule has 0 atom stereocenters. The fraction of sp³-hybridized carbons (Fsp3) is 0.364. The van der Waals surface area contributed by atoms with E-state index in [1.54, 1.807) is 18.2 Å². The fourth-order valence-corrected chi connectivity index (χ4v) is 3.52. The Hall–Kier alpha value is -3.82. The minimum Gasteiger partial charge on any atom is -0.481 e. The predicted molar refractivity (Wildman–Crippen MR) is 113 cm³/mol. The summed E-state index contributed by atoms with van der Waals surface area (Å²) < 4.78 is 27.3. The minimum absolute atomic E-state index is 0.0159. The molecule has 1 aliphatic carbocycles. The van der Waals surface area contributed by atoms with Crippen molar-refractivity contribution in [3.05, 3.63) is 36.7 Å². The van der Waals surface area contributed by atoms with E-state index in [0.29, 0.717) is 5.56 Å². The number of amides is 1. The standard InChI is InChI=1S/C22H24N4O6/c1-28-17-13-18(29-2)26-21(25-17)31-15-9-6-10-16(19(15)20-23-11-12-30-20)32-22(27)24-14-7-4-3-5-8-14/h6,9-14H,3-5,7-8H2,1-2H3,(H,24,27). The summed E-state index contributed by atoms with van der Waals surface area (Å²) in [6.07, 6.45) is 7.64. The largest absolute Gasteiger partial charge is 0.481 e. The lowest BCUT2D eigenvalue weighted by Gasteiger charge is -2.22. The van der Waals surface area contributed by atoms with Gasteiger partial charge in [0.05, 0.1) is 26.5 Å². The zero-order chi connectivity index (χ0) is 22.3. The molecule has 2 aromatic heterocycles. The Balaban J connectivity index is 1.62. The zero-order valence-electron chi connectivity index (χ0n) is 17.9. The van der Waals surface area contributed by atoms with E-state index in [1.165, 1.54) is 39.2 Å². The summed E-state index contributed by atoms with van der Waals surface area (Å²) in [6, 6.07) is 6.61. The first-order chi connectivity index (χ1) is 15.7. The van der Waals surface area contributed by atoms with E-state index >= 15 is 0 Å². The number of nitrogens with zero attached hydrogens (tertiary/aromatic N) is 3. The molecular weight excluding hydrogens is 416 g/mol. The number of methoxy groups -OCH3 is 2. The highest BCUT2D eigenvalue weighted by atomic mass is 16.6. The van der Waals surface area contributed by atoms with Crippen LogP contribution in [0.2, 0.25) is 0 Å². The van der Waals surface area contributed by atoms with E-state index in [1.807, 2.05) is 0 Å². The average Bonchev–Trinajstić information content (AvgIpc) is 3.34. The van der Waals surface area contributed by atoms with Gasteiger partial charge in [0.25, 0.3) is 0 Å². The van der Waals surface area contributed by atoms with Crippen molar-refractivity contribution in [3.8, 4) is 40.7 Å². The van der Waals surface area contributed by atoms with Crippen LogP contribution in [0.15, 0.2) is 41.1 Å². The third-order valence-corrected chi connectivity index (χ3v) is 5.04. The fourth-order valence-electron chi connectivity index (χ4n) is 3.52. The molecule has 1 amide bonds. The molecule has 3 aromatic rings. The van der Waals surface area contributed by atoms with E-state index in [0.717, 1.165) is 25.7 Å². The number of benzene rings is 1. The van der Waals surface area contributed by atoms with Gasteiger partial charge in [-0.25, -0.2) is 9.78 Å². The van der Waals surface area contributed by atoms with E-state index < -0.39 is 6.09 Å². The summed E-state index contributed by atoms with van der Waals surface area (Å²) in [5, 5.41) is 2.93. The maximum Gasteiger partial charge on any atom is 0.412 e. The second-order valence-corrected chi connectivity index (χ2v) is 7.17. The van der Waals surface area contributed by atoms with Crippen molar-refractivity contribution in [1.82, 2.24) is 20.3 Å². The molecule has 0 radical (unpaired) electrons. The number of carbonyl (C=O) groups is 1. The van der Waals surface area contributed by atoms with Crippen molar-refractivity contribution in [2.24, 2.45) is 0 Å². The highest BCUT2D eigenvalue weighted by Gasteiger charge is 2.23. The molecule has 0 aliphatic heterocycles. The van der Waals surface area contributed by atoms with E-state index in [9.17, 15) is 4.79 Å². The van der Waals surface area contributed by atoms with Gasteiger partial charge in [-0.3, -0.25) is 0 Å². The molecule has 0 bridgehead atoms. The molecule has 1 N–H and O–H groups in total. The maximum atomic E-state index is 12.6. The average molecular weight is 440 g/mol. The van der Waals surface area contributed by atoms with Crippen molar-refractivity contribution in [2.45, 2.75) is 38.1 Å². The van der Waals surface area contributed by atoms with Crippen LogP contribution in [0.5, 0.6) is 29.3 Å². The van der Waals surface area contributed by atoms with Crippen molar-refractivity contribution >= 4 is 6.09 Å². The number of oxazole rings is 1. The van der Waals surface area contributed by atoms with Gasteiger partial charge < -0.3 is 28.7 Å². The number of hydrogen-bond donors (Lipinski definition) is 1. The van der Waals surface area contributed by atoms with Crippen molar-refractivity contribution < 1.29 is 28.2 Å². The normalized spacial score (nSPS) is 13.9. The van der Waals surface area contributed by atoms with Crippen LogP contribution in [-0.4, -0.2) is 41.3 Å². The van der Waals surface area contributed by atoms with Crippen LogP contribution >= 0.6 is 0 Å². The Morgan fingerprint density at radius 2 is 1.78 bits per heavy atom. The van der Waals surface area contributed by atoms with Crippen LogP contribution in [0.25, 0.3) is 11.5 Å². The van der Waals surface area contributed by atoms with E-state index in [4.69, 9.17) is 23.4 Å². The number of aromatic nitrogens is 3. The van der Waals surface area contributed by atoms with E-state index in [2.05, 4.69) is 20.3 Å². The van der Waals surface area contributed by atoms with Gasteiger partial charge in [0, 0.05) is 6.04 Å². The summed E-state index contributed by atoms with van der Waals surface area (Å²) in [7, 11) is 2.95. The highest BCUT2D eigenvalue weighted by molar-refractivity contribution is 5.77. The molecular formula is C22H24N4O6.